The second-order valence-electron chi connectivity index (χ2n) is 8.06. The lowest BCUT2D eigenvalue weighted by atomic mass is 10.1. The van der Waals surface area contributed by atoms with Gasteiger partial charge in [-0.05, 0) is 60.9 Å². The number of hydrogen-bond donors (Lipinski definition) is 2. The highest BCUT2D eigenvalue weighted by atomic mass is 16.1. The summed E-state index contributed by atoms with van der Waals surface area (Å²) in [6, 6.07) is 16.7. The Morgan fingerprint density at radius 1 is 1.11 bits per heavy atom. The van der Waals surface area contributed by atoms with Crippen LogP contribution in [0.4, 0.5) is 5.69 Å². The number of hydrogen-bond acceptors (Lipinski definition) is 7. The number of nitriles is 1. The average molecular weight is 467 g/mol. The third kappa shape index (κ3) is 5.68. The van der Waals surface area contributed by atoms with Crippen molar-refractivity contribution in [1.29, 1.82) is 5.26 Å². The Morgan fingerprint density at radius 3 is 2.77 bits per heavy atom. The molecule has 0 aliphatic carbocycles. The zero-order chi connectivity index (χ0) is 24.6. The van der Waals surface area contributed by atoms with E-state index >= 15 is 0 Å². The summed E-state index contributed by atoms with van der Waals surface area (Å²) in [4.78, 5) is 21.0. The minimum Gasteiger partial charge on any atom is -0.378 e. The van der Waals surface area contributed by atoms with Crippen LogP contribution in [0.1, 0.15) is 46.2 Å². The third-order valence-electron chi connectivity index (χ3n) is 5.58. The van der Waals surface area contributed by atoms with Gasteiger partial charge in [-0.15, -0.1) is 10.2 Å². The van der Waals surface area contributed by atoms with Gasteiger partial charge in [0.05, 0.1) is 18.2 Å². The first-order valence-corrected chi connectivity index (χ1v) is 11.4. The molecule has 0 saturated carbocycles. The van der Waals surface area contributed by atoms with Crippen LogP contribution in [-0.4, -0.2) is 30.6 Å². The summed E-state index contributed by atoms with van der Waals surface area (Å²) in [6.07, 6.45) is 4.11. The molecule has 0 unspecified atom stereocenters. The van der Waals surface area contributed by atoms with Crippen molar-refractivity contribution in [1.82, 2.24) is 30.0 Å². The molecule has 2 heterocycles. The number of nitrogens with one attached hydrogen (secondary N) is 2. The summed E-state index contributed by atoms with van der Waals surface area (Å²) < 4.78 is 2.05. The van der Waals surface area contributed by atoms with Gasteiger partial charge in [0.2, 0.25) is 0 Å². The lowest BCUT2D eigenvalue weighted by Crippen LogP contribution is -2.23. The van der Waals surface area contributed by atoms with Crippen LogP contribution in [-0.2, 0) is 19.6 Å². The highest BCUT2D eigenvalue weighted by molar-refractivity contribution is 5.95. The van der Waals surface area contributed by atoms with Gasteiger partial charge in [0.1, 0.15) is 12.0 Å². The third-order valence-corrected chi connectivity index (χ3v) is 5.58. The van der Waals surface area contributed by atoms with Crippen LogP contribution >= 0.6 is 0 Å². The molecule has 0 bridgehead atoms. The summed E-state index contributed by atoms with van der Waals surface area (Å²) in [5, 5.41) is 24.1. The Balaban J connectivity index is 1.43. The van der Waals surface area contributed by atoms with Crippen molar-refractivity contribution in [3.8, 4) is 17.6 Å². The molecule has 35 heavy (non-hydrogen) atoms. The summed E-state index contributed by atoms with van der Waals surface area (Å²) in [5.74, 6) is 1.30. The molecular weight excluding hydrogens is 440 g/mol. The number of benzene rings is 2. The van der Waals surface area contributed by atoms with E-state index in [2.05, 4.69) is 43.8 Å². The molecule has 2 N–H and O–H groups in total. The van der Waals surface area contributed by atoms with Crippen LogP contribution in [0.25, 0.3) is 11.5 Å². The minimum atomic E-state index is -0.185. The molecule has 0 aliphatic heterocycles. The Kier molecular flexibility index (Phi) is 7.43. The van der Waals surface area contributed by atoms with Crippen molar-refractivity contribution < 1.29 is 4.79 Å². The fraction of sp³-hybridized carbons (Fsp3) is 0.231. The number of aromatic nitrogens is 5. The van der Waals surface area contributed by atoms with E-state index in [9.17, 15) is 4.79 Å². The van der Waals surface area contributed by atoms with E-state index in [4.69, 9.17) is 5.26 Å². The van der Waals surface area contributed by atoms with E-state index in [0.29, 0.717) is 30.0 Å². The van der Waals surface area contributed by atoms with Gasteiger partial charge in [-0.25, -0.2) is 9.97 Å². The molecule has 0 spiro atoms. The number of rotatable bonds is 9. The molecule has 1 amide bonds. The molecule has 4 aromatic rings. The lowest BCUT2D eigenvalue weighted by Gasteiger charge is -2.12. The molecular formula is C26H26N8O. The highest BCUT2D eigenvalue weighted by Crippen LogP contribution is 2.18. The normalized spacial score (nSPS) is 10.5. The van der Waals surface area contributed by atoms with Crippen LogP contribution in [0.15, 0.2) is 61.1 Å². The standard InChI is InChI=1S/C26H26N8O/c1-3-11-34-24(32-33-25(34)23-9-10-28-17-31-23)16-29-22-6-4-5-20(13-22)26(35)30-15-21-12-19(14-27)8-7-18(21)2/h4-10,12-13,17,29H,3,11,15-16H2,1-2H3,(H,30,35). The van der Waals surface area contributed by atoms with E-state index in [-0.39, 0.29) is 5.91 Å². The van der Waals surface area contributed by atoms with Gasteiger partial charge < -0.3 is 15.2 Å². The largest absolute Gasteiger partial charge is 0.378 e. The van der Waals surface area contributed by atoms with Crippen LogP contribution in [0, 0.1) is 18.3 Å². The molecule has 0 atom stereocenters. The highest BCUT2D eigenvalue weighted by Gasteiger charge is 2.14. The maximum absolute atomic E-state index is 12.8. The van der Waals surface area contributed by atoms with Crippen molar-refractivity contribution in [2.75, 3.05) is 5.32 Å². The Labute approximate surface area is 203 Å². The van der Waals surface area contributed by atoms with E-state index in [1.54, 1.807) is 30.5 Å². The van der Waals surface area contributed by atoms with Crippen LogP contribution in [0.2, 0.25) is 0 Å². The molecule has 0 radical (unpaired) electrons. The quantitative estimate of drug-likeness (QED) is 0.384. The van der Waals surface area contributed by atoms with Crippen molar-refractivity contribution in [2.24, 2.45) is 0 Å². The van der Waals surface area contributed by atoms with Gasteiger partial charge in [0, 0.05) is 30.5 Å². The topological polar surface area (TPSA) is 121 Å². The van der Waals surface area contributed by atoms with E-state index in [1.807, 2.05) is 35.8 Å². The summed E-state index contributed by atoms with van der Waals surface area (Å²) in [6.45, 7) is 5.62. The predicted octanol–water partition coefficient (Wildman–Crippen LogP) is 3.87. The SMILES string of the molecule is CCCn1c(CNc2cccc(C(=O)NCc3cc(C#N)ccc3C)c2)nnc1-c1ccncn1. The average Bonchev–Trinajstić information content (AvgIpc) is 3.30. The molecule has 4 rings (SSSR count). The zero-order valence-electron chi connectivity index (χ0n) is 19.7. The number of aryl methyl sites for hydroxylation is 1. The van der Waals surface area contributed by atoms with Gasteiger partial charge in [-0.1, -0.05) is 19.1 Å². The molecule has 9 heteroatoms. The molecule has 9 nitrogen and oxygen atoms in total. The summed E-state index contributed by atoms with van der Waals surface area (Å²) in [7, 11) is 0. The maximum Gasteiger partial charge on any atom is 0.251 e. The fourth-order valence-electron chi connectivity index (χ4n) is 3.70. The maximum atomic E-state index is 12.8. The first-order valence-electron chi connectivity index (χ1n) is 11.4. The van der Waals surface area contributed by atoms with Gasteiger partial charge in [-0.2, -0.15) is 5.26 Å². The van der Waals surface area contributed by atoms with E-state index < -0.39 is 0 Å². The van der Waals surface area contributed by atoms with E-state index in [1.165, 1.54) is 6.33 Å². The molecule has 0 saturated heterocycles. The second kappa shape index (κ2) is 11.0. The van der Waals surface area contributed by atoms with Crippen LogP contribution < -0.4 is 10.6 Å². The molecule has 2 aromatic carbocycles. The number of anilines is 1. The second-order valence-corrected chi connectivity index (χ2v) is 8.06. The Morgan fingerprint density at radius 2 is 2.00 bits per heavy atom. The van der Waals surface area contributed by atoms with Crippen molar-refractivity contribution in [3.05, 3.63) is 89.1 Å². The van der Waals surface area contributed by atoms with Crippen molar-refractivity contribution in [2.45, 2.75) is 39.9 Å². The van der Waals surface area contributed by atoms with Crippen LogP contribution in [0.3, 0.4) is 0 Å². The lowest BCUT2D eigenvalue weighted by molar-refractivity contribution is 0.0951. The Bertz CT molecular complexity index is 1360. The summed E-state index contributed by atoms with van der Waals surface area (Å²) >= 11 is 0. The van der Waals surface area contributed by atoms with Crippen LogP contribution in [0.5, 0.6) is 0 Å². The number of carbonyl (C=O) groups excluding carboxylic acids is 1. The van der Waals surface area contributed by atoms with E-state index in [0.717, 1.165) is 41.3 Å². The molecule has 2 aromatic heterocycles. The zero-order valence-corrected chi connectivity index (χ0v) is 19.7. The first kappa shape index (κ1) is 23.6. The molecule has 176 valence electrons. The number of carbonyl (C=O) groups is 1. The molecule has 0 aliphatic rings. The monoisotopic (exact) mass is 466 g/mol. The van der Waals surface area contributed by atoms with Crippen molar-refractivity contribution >= 4 is 11.6 Å². The minimum absolute atomic E-state index is 0.185. The summed E-state index contributed by atoms with van der Waals surface area (Å²) in [5.41, 5.74) is 4.58. The predicted molar refractivity (Wildman–Crippen MR) is 132 cm³/mol. The van der Waals surface area contributed by atoms with Gasteiger partial charge in [0.15, 0.2) is 11.6 Å². The van der Waals surface area contributed by atoms with Gasteiger partial charge >= 0.3 is 0 Å². The van der Waals surface area contributed by atoms with Gasteiger partial charge in [0.25, 0.3) is 5.91 Å². The smallest absolute Gasteiger partial charge is 0.251 e. The van der Waals surface area contributed by atoms with Gasteiger partial charge in [-0.3, -0.25) is 4.79 Å². The first-order chi connectivity index (χ1) is 17.1. The number of nitrogens with zero attached hydrogens (tertiary/aromatic N) is 6. The van der Waals surface area contributed by atoms with Crippen molar-refractivity contribution in [3.63, 3.8) is 0 Å². The Hall–Kier alpha value is -4.58. The number of amides is 1. The fourth-order valence-corrected chi connectivity index (χ4v) is 3.70. The molecule has 0 fully saturated rings.